The average Bonchev–Trinajstić information content (AvgIpc) is 3.18. The summed E-state index contributed by atoms with van der Waals surface area (Å²) in [6.45, 7) is 2.24. The summed E-state index contributed by atoms with van der Waals surface area (Å²) in [6, 6.07) is 12.8. The van der Waals surface area contributed by atoms with Crippen molar-refractivity contribution in [2.45, 2.75) is 13.3 Å². The zero-order chi connectivity index (χ0) is 15.1. The first-order valence-electron chi connectivity index (χ1n) is 7.21. The summed E-state index contributed by atoms with van der Waals surface area (Å²) in [4.78, 5) is 12.6. The summed E-state index contributed by atoms with van der Waals surface area (Å²) in [7, 11) is 0. The van der Waals surface area contributed by atoms with Gasteiger partial charge in [-0.3, -0.25) is 4.79 Å². The third-order valence-electron chi connectivity index (χ3n) is 3.82. The Morgan fingerprint density at radius 3 is 2.64 bits per heavy atom. The van der Waals surface area contributed by atoms with Crippen molar-refractivity contribution in [3.05, 3.63) is 59.4 Å². The van der Waals surface area contributed by atoms with Gasteiger partial charge < -0.3 is 13.9 Å². The minimum absolute atomic E-state index is 0.0605. The van der Waals surface area contributed by atoms with E-state index < -0.39 is 0 Å². The summed E-state index contributed by atoms with van der Waals surface area (Å²) in [5.41, 5.74) is 1.91. The molecule has 0 bridgehead atoms. The highest BCUT2D eigenvalue weighted by atomic mass is 16.7. The van der Waals surface area contributed by atoms with Crippen LogP contribution in [-0.2, 0) is 6.42 Å². The van der Waals surface area contributed by atoms with Crippen LogP contribution in [0.3, 0.4) is 0 Å². The predicted octanol–water partition coefficient (Wildman–Crippen LogP) is 3.95. The summed E-state index contributed by atoms with van der Waals surface area (Å²) < 4.78 is 16.3. The second-order valence-electron chi connectivity index (χ2n) is 5.22. The van der Waals surface area contributed by atoms with Crippen molar-refractivity contribution in [2.75, 3.05) is 6.79 Å². The summed E-state index contributed by atoms with van der Waals surface area (Å²) in [5, 5.41) is 1.01. The molecule has 2 heterocycles. The van der Waals surface area contributed by atoms with Crippen molar-refractivity contribution in [3.8, 4) is 11.5 Å². The van der Waals surface area contributed by atoms with Gasteiger partial charge in [0.15, 0.2) is 17.3 Å². The molecule has 22 heavy (non-hydrogen) atoms. The smallest absolute Gasteiger partial charge is 0.231 e. The van der Waals surface area contributed by atoms with Gasteiger partial charge in [-0.05, 0) is 30.3 Å². The Morgan fingerprint density at radius 1 is 1.00 bits per heavy atom. The maximum Gasteiger partial charge on any atom is 0.231 e. The van der Waals surface area contributed by atoms with E-state index in [0.29, 0.717) is 22.6 Å². The molecule has 0 radical (unpaired) electrons. The number of rotatable bonds is 3. The molecule has 0 unspecified atom stereocenters. The van der Waals surface area contributed by atoms with Crippen molar-refractivity contribution < 1.29 is 18.7 Å². The zero-order valence-electron chi connectivity index (χ0n) is 12.1. The van der Waals surface area contributed by atoms with Crippen LogP contribution >= 0.6 is 0 Å². The maximum atomic E-state index is 12.6. The molecular formula is C18H14O4. The van der Waals surface area contributed by atoms with Gasteiger partial charge in [-0.1, -0.05) is 19.1 Å². The Kier molecular flexibility index (Phi) is 2.89. The van der Waals surface area contributed by atoms with Crippen LogP contribution in [0.15, 0.2) is 46.9 Å². The quantitative estimate of drug-likeness (QED) is 0.686. The van der Waals surface area contributed by atoms with E-state index in [2.05, 4.69) is 0 Å². The fourth-order valence-corrected chi connectivity index (χ4v) is 2.61. The first-order chi connectivity index (χ1) is 10.7. The average molecular weight is 294 g/mol. The van der Waals surface area contributed by atoms with Gasteiger partial charge in [-0.25, -0.2) is 0 Å². The Hall–Kier alpha value is -2.75. The highest BCUT2D eigenvalue weighted by molar-refractivity contribution is 6.10. The van der Waals surface area contributed by atoms with E-state index in [9.17, 15) is 4.79 Å². The molecule has 0 fully saturated rings. The third-order valence-corrected chi connectivity index (χ3v) is 3.82. The van der Waals surface area contributed by atoms with Gasteiger partial charge in [0.25, 0.3) is 0 Å². The van der Waals surface area contributed by atoms with Crippen LogP contribution in [0.1, 0.15) is 28.6 Å². The summed E-state index contributed by atoms with van der Waals surface area (Å²) in [5.74, 6) is 2.14. The topological polar surface area (TPSA) is 48.7 Å². The van der Waals surface area contributed by atoms with E-state index in [0.717, 1.165) is 23.2 Å². The van der Waals surface area contributed by atoms with Crippen LogP contribution in [0, 0.1) is 0 Å². The fourth-order valence-electron chi connectivity index (χ4n) is 2.61. The van der Waals surface area contributed by atoms with E-state index in [4.69, 9.17) is 13.9 Å². The standard InChI is InChI=1S/C18H14O4/c1-2-14-7-11-3-4-12(8-16(11)22-14)18(19)13-5-6-15-17(9-13)21-10-20-15/h3-9H,2,10H2,1H3. The Morgan fingerprint density at radius 2 is 1.77 bits per heavy atom. The normalized spacial score (nSPS) is 12.8. The molecule has 110 valence electrons. The molecule has 1 aliphatic rings. The van der Waals surface area contributed by atoms with Gasteiger partial charge in [0.2, 0.25) is 6.79 Å². The van der Waals surface area contributed by atoms with Crippen molar-refractivity contribution in [2.24, 2.45) is 0 Å². The summed E-state index contributed by atoms with van der Waals surface area (Å²) >= 11 is 0. The lowest BCUT2D eigenvalue weighted by atomic mass is 10.0. The molecule has 0 aliphatic carbocycles. The lowest BCUT2D eigenvalue weighted by molar-refractivity contribution is 0.103. The van der Waals surface area contributed by atoms with E-state index in [1.807, 2.05) is 25.1 Å². The van der Waals surface area contributed by atoms with Gasteiger partial charge in [0.1, 0.15) is 11.3 Å². The van der Waals surface area contributed by atoms with E-state index in [-0.39, 0.29) is 12.6 Å². The number of ether oxygens (including phenoxy) is 2. The van der Waals surface area contributed by atoms with Crippen molar-refractivity contribution in [1.29, 1.82) is 0 Å². The van der Waals surface area contributed by atoms with Crippen molar-refractivity contribution in [1.82, 2.24) is 0 Å². The van der Waals surface area contributed by atoms with E-state index >= 15 is 0 Å². The monoisotopic (exact) mass is 294 g/mol. The molecular weight excluding hydrogens is 280 g/mol. The van der Waals surface area contributed by atoms with Gasteiger partial charge in [-0.15, -0.1) is 0 Å². The predicted molar refractivity (Wildman–Crippen MR) is 81.6 cm³/mol. The van der Waals surface area contributed by atoms with Crippen LogP contribution in [0.25, 0.3) is 11.0 Å². The molecule has 0 atom stereocenters. The van der Waals surface area contributed by atoms with Crippen LogP contribution in [0.2, 0.25) is 0 Å². The second kappa shape index (κ2) is 4.91. The molecule has 0 saturated heterocycles. The molecule has 3 aromatic rings. The Bertz CT molecular complexity index is 876. The first kappa shape index (κ1) is 13.0. The molecule has 0 amide bonds. The number of carbonyl (C=O) groups is 1. The van der Waals surface area contributed by atoms with Crippen LogP contribution in [0.5, 0.6) is 11.5 Å². The molecule has 4 nitrogen and oxygen atoms in total. The number of ketones is 1. The molecule has 1 aliphatic heterocycles. The number of aryl methyl sites for hydroxylation is 1. The third kappa shape index (κ3) is 2.04. The van der Waals surface area contributed by atoms with Crippen LogP contribution in [-0.4, -0.2) is 12.6 Å². The number of fused-ring (bicyclic) bond motifs is 2. The number of carbonyl (C=O) groups excluding carboxylic acids is 1. The SMILES string of the molecule is CCc1cc2ccc(C(=O)c3ccc4c(c3)OCO4)cc2o1. The van der Waals surface area contributed by atoms with Crippen LogP contribution < -0.4 is 9.47 Å². The lowest BCUT2D eigenvalue weighted by Crippen LogP contribution is -2.00. The number of benzene rings is 2. The van der Waals surface area contributed by atoms with Crippen LogP contribution in [0.4, 0.5) is 0 Å². The van der Waals surface area contributed by atoms with Crippen molar-refractivity contribution >= 4 is 16.8 Å². The first-order valence-corrected chi connectivity index (χ1v) is 7.21. The highest BCUT2D eigenvalue weighted by Gasteiger charge is 2.17. The largest absolute Gasteiger partial charge is 0.461 e. The Balaban J connectivity index is 1.72. The number of furan rings is 1. The molecule has 0 saturated carbocycles. The molecule has 0 N–H and O–H groups in total. The molecule has 0 spiro atoms. The molecule has 2 aromatic carbocycles. The van der Waals surface area contributed by atoms with Gasteiger partial charge >= 0.3 is 0 Å². The van der Waals surface area contributed by atoms with Gasteiger partial charge in [0.05, 0.1) is 0 Å². The molecule has 1 aromatic heterocycles. The number of hydrogen-bond donors (Lipinski definition) is 0. The van der Waals surface area contributed by atoms with Gasteiger partial charge in [-0.2, -0.15) is 0 Å². The molecule has 4 rings (SSSR count). The van der Waals surface area contributed by atoms with E-state index in [1.165, 1.54) is 0 Å². The number of hydrogen-bond acceptors (Lipinski definition) is 4. The molecule has 4 heteroatoms. The lowest BCUT2D eigenvalue weighted by Gasteiger charge is -2.03. The Labute approximate surface area is 127 Å². The zero-order valence-corrected chi connectivity index (χ0v) is 12.1. The highest BCUT2D eigenvalue weighted by Crippen LogP contribution is 2.33. The minimum atomic E-state index is -0.0605. The second-order valence-corrected chi connectivity index (χ2v) is 5.22. The van der Waals surface area contributed by atoms with E-state index in [1.54, 1.807) is 24.3 Å². The fraction of sp³-hybridized carbons (Fsp3) is 0.167. The minimum Gasteiger partial charge on any atom is -0.461 e. The van der Waals surface area contributed by atoms with Gasteiger partial charge in [0, 0.05) is 22.9 Å². The summed E-state index contributed by atoms with van der Waals surface area (Å²) in [6.07, 6.45) is 0.833. The maximum absolute atomic E-state index is 12.6. The van der Waals surface area contributed by atoms with Crippen molar-refractivity contribution in [3.63, 3.8) is 0 Å².